The van der Waals surface area contributed by atoms with Gasteiger partial charge >= 0.3 is 0 Å². The molecular formula is C9H10Br2N2O3. The summed E-state index contributed by atoms with van der Waals surface area (Å²) in [4.78, 5) is 20.1. The number of nitrogens with zero attached hydrogens (tertiary/aromatic N) is 2. The van der Waals surface area contributed by atoms with Crippen LogP contribution in [0.15, 0.2) is 21.3 Å². The molecule has 1 amide bonds. The van der Waals surface area contributed by atoms with E-state index in [0.29, 0.717) is 14.7 Å². The van der Waals surface area contributed by atoms with E-state index in [9.17, 15) is 4.79 Å². The maximum Gasteiger partial charge on any atom is 0.283 e. The molecule has 1 aromatic rings. The first kappa shape index (κ1) is 13.4. The summed E-state index contributed by atoms with van der Waals surface area (Å²) in [5.74, 6) is 0.256. The van der Waals surface area contributed by atoms with Gasteiger partial charge in [-0.3, -0.25) is 14.6 Å². The molecule has 0 unspecified atom stereocenters. The van der Waals surface area contributed by atoms with Crippen molar-refractivity contribution in [2.45, 2.75) is 0 Å². The first-order valence-electron chi connectivity index (χ1n) is 4.28. The summed E-state index contributed by atoms with van der Waals surface area (Å²) in [6.07, 6.45) is 3.18. The molecule has 1 rings (SSSR count). The monoisotopic (exact) mass is 352 g/mol. The van der Waals surface area contributed by atoms with E-state index >= 15 is 0 Å². The van der Waals surface area contributed by atoms with E-state index in [-0.39, 0.29) is 12.5 Å². The number of pyridine rings is 1. The second-order valence-corrected chi connectivity index (χ2v) is 4.50. The summed E-state index contributed by atoms with van der Waals surface area (Å²) in [5.41, 5.74) is 0. The van der Waals surface area contributed by atoms with Crippen molar-refractivity contribution in [2.75, 3.05) is 20.8 Å². The van der Waals surface area contributed by atoms with Crippen molar-refractivity contribution < 1.29 is 14.4 Å². The molecule has 0 atom stereocenters. The molecule has 0 N–H and O–H groups in total. The average molecular weight is 354 g/mol. The molecule has 7 heteroatoms. The van der Waals surface area contributed by atoms with Crippen LogP contribution in [-0.2, 0) is 9.63 Å². The fourth-order valence-electron chi connectivity index (χ4n) is 0.864. The molecule has 0 bridgehead atoms. The summed E-state index contributed by atoms with van der Waals surface area (Å²) in [5, 5.41) is 1.10. The van der Waals surface area contributed by atoms with Gasteiger partial charge in [0.05, 0.1) is 16.1 Å². The summed E-state index contributed by atoms with van der Waals surface area (Å²) < 4.78 is 6.70. The third-order valence-electron chi connectivity index (χ3n) is 1.77. The van der Waals surface area contributed by atoms with Gasteiger partial charge < -0.3 is 4.74 Å². The smallest absolute Gasteiger partial charge is 0.283 e. The highest BCUT2D eigenvalue weighted by molar-refractivity contribution is 9.11. The van der Waals surface area contributed by atoms with Crippen molar-refractivity contribution in [1.82, 2.24) is 10.0 Å². The number of hydrogen-bond donors (Lipinski definition) is 0. The zero-order valence-electron chi connectivity index (χ0n) is 8.74. The number of halogens is 2. The lowest BCUT2D eigenvalue weighted by Gasteiger charge is -2.14. The van der Waals surface area contributed by atoms with Crippen LogP contribution in [0.25, 0.3) is 0 Å². The Balaban J connectivity index is 2.65. The molecule has 0 aliphatic carbocycles. The van der Waals surface area contributed by atoms with E-state index < -0.39 is 0 Å². The van der Waals surface area contributed by atoms with E-state index in [0.717, 1.165) is 5.06 Å². The predicted octanol–water partition coefficient (Wildman–Crippen LogP) is 2.01. The minimum atomic E-state index is -0.280. The molecule has 0 radical (unpaired) electrons. The Morgan fingerprint density at radius 1 is 1.44 bits per heavy atom. The molecule has 0 aromatic carbocycles. The lowest BCUT2D eigenvalue weighted by molar-refractivity contribution is -0.170. The van der Waals surface area contributed by atoms with Gasteiger partial charge in [0, 0.05) is 19.4 Å². The van der Waals surface area contributed by atoms with Crippen molar-refractivity contribution in [2.24, 2.45) is 0 Å². The molecular weight excluding hydrogens is 344 g/mol. The van der Waals surface area contributed by atoms with E-state index in [4.69, 9.17) is 9.57 Å². The second kappa shape index (κ2) is 6.17. The van der Waals surface area contributed by atoms with Crippen LogP contribution in [-0.4, -0.2) is 36.7 Å². The Labute approximate surface area is 110 Å². The number of likely N-dealkylation sites (N-methyl/N-ethyl adjacent to an activating group) is 1. The van der Waals surface area contributed by atoms with Crippen molar-refractivity contribution in [3.8, 4) is 5.75 Å². The summed E-state index contributed by atoms with van der Waals surface area (Å²) in [7, 11) is 2.93. The van der Waals surface area contributed by atoms with Gasteiger partial charge in [-0.1, -0.05) is 0 Å². The van der Waals surface area contributed by atoms with Crippen molar-refractivity contribution in [3.63, 3.8) is 0 Å². The van der Waals surface area contributed by atoms with Gasteiger partial charge in [-0.15, -0.1) is 0 Å². The van der Waals surface area contributed by atoms with Crippen molar-refractivity contribution in [1.29, 1.82) is 0 Å². The van der Waals surface area contributed by atoms with Crippen molar-refractivity contribution in [3.05, 3.63) is 21.3 Å². The zero-order chi connectivity index (χ0) is 12.1. The number of rotatable bonds is 4. The van der Waals surface area contributed by atoms with Crippen LogP contribution in [0.3, 0.4) is 0 Å². The van der Waals surface area contributed by atoms with Crippen LogP contribution in [0.1, 0.15) is 0 Å². The molecule has 1 heterocycles. The van der Waals surface area contributed by atoms with Crippen LogP contribution in [0.4, 0.5) is 0 Å². The van der Waals surface area contributed by atoms with E-state index in [1.54, 1.807) is 12.4 Å². The third-order valence-corrected chi connectivity index (χ3v) is 2.90. The second-order valence-electron chi connectivity index (χ2n) is 2.79. The highest BCUT2D eigenvalue weighted by Crippen LogP contribution is 2.31. The number of aromatic nitrogens is 1. The largest absolute Gasteiger partial charge is 0.481 e. The van der Waals surface area contributed by atoms with E-state index in [1.165, 1.54) is 14.2 Å². The molecule has 0 spiro atoms. The Kier molecular flexibility index (Phi) is 5.17. The summed E-state index contributed by atoms with van der Waals surface area (Å²) >= 11 is 6.56. The molecule has 88 valence electrons. The van der Waals surface area contributed by atoms with Crippen molar-refractivity contribution >= 4 is 37.8 Å². The number of hydroxylamine groups is 2. The number of carbonyl (C=O) groups is 1. The lowest BCUT2D eigenvalue weighted by atomic mass is 10.4. The van der Waals surface area contributed by atoms with Gasteiger partial charge in [0.2, 0.25) is 0 Å². The number of amides is 1. The van der Waals surface area contributed by atoms with Gasteiger partial charge in [-0.05, 0) is 31.9 Å². The molecule has 0 aliphatic rings. The molecule has 5 nitrogen and oxygen atoms in total. The van der Waals surface area contributed by atoms with Crippen LogP contribution in [0.2, 0.25) is 0 Å². The topological polar surface area (TPSA) is 51.7 Å². The maximum atomic E-state index is 11.4. The van der Waals surface area contributed by atoms with Crippen LogP contribution >= 0.6 is 31.9 Å². The number of hydrogen-bond acceptors (Lipinski definition) is 4. The van der Waals surface area contributed by atoms with Gasteiger partial charge in [0.25, 0.3) is 5.91 Å². The Hall–Kier alpha value is -0.660. The quantitative estimate of drug-likeness (QED) is 0.777. The zero-order valence-corrected chi connectivity index (χ0v) is 11.9. The standard InChI is InChI=1S/C9H10Br2N2O3/c1-13(15-2)8(14)5-16-9-6(10)3-12-4-7(9)11/h3-4H,5H2,1-2H3. The van der Waals surface area contributed by atoms with Crippen LogP contribution < -0.4 is 4.74 Å². The van der Waals surface area contributed by atoms with Crippen LogP contribution in [0, 0.1) is 0 Å². The predicted molar refractivity (Wildman–Crippen MR) is 64.9 cm³/mol. The average Bonchev–Trinajstić information content (AvgIpc) is 2.27. The van der Waals surface area contributed by atoms with Gasteiger partial charge in [-0.25, -0.2) is 5.06 Å². The highest BCUT2D eigenvalue weighted by atomic mass is 79.9. The van der Waals surface area contributed by atoms with Gasteiger partial charge in [0.15, 0.2) is 12.4 Å². The van der Waals surface area contributed by atoms with E-state index in [1.807, 2.05) is 0 Å². The summed E-state index contributed by atoms with van der Waals surface area (Å²) in [6, 6.07) is 0. The fourth-order valence-corrected chi connectivity index (χ4v) is 2.02. The first-order valence-corrected chi connectivity index (χ1v) is 5.87. The normalized spacial score (nSPS) is 10.0. The molecule has 1 aromatic heterocycles. The minimum Gasteiger partial charge on any atom is -0.481 e. The summed E-state index contributed by atoms with van der Waals surface area (Å²) in [6.45, 7) is -0.106. The molecule has 16 heavy (non-hydrogen) atoms. The molecule has 0 saturated carbocycles. The van der Waals surface area contributed by atoms with Gasteiger partial charge in [-0.2, -0.15) is 0 Å². The third kappa shape index (κ3) is 3.43. The SMILES string of the molecule is CON(C)C(=O)COc1c(Br)cncc1Br. The maximum absolute atomic E-state index is 11.4. The first-order chi connectivity index (χ1) is 7.56. The number of carbonyl (C=O) groups excluding carboxylic acids is 1. The lowest BCUT2D eigenvalue weighted by Crippen LogP contribution is -2.30. The van der Waals surface area contributed by atoms with Crippen LogP contribution in [0.5, 0.6) is 5.75 Å². The molecule has 0 aliphatic heterocycles. The highest BCUT2D eigenvalue weighted by Gasteiger charge is 2.12. The molecule has 0 fully saturated rings. The van der Waals surface area contributed by atoms with E-state index in [2.05, 4.69) is 36.8 Å². The Morgan fingerprint density at radius 3 is 2.50 bits per heavy atom. The van der Waals surface area contributed by atoms with Gasteiger partial charge in [0.1, 0.15) is 0 Å². The number of ether oxygens (including phenoxy) is 1. The minimum absolute atomic E-state index is 0.106. The molecule has 0 saturated heterocycles. The Morgan fingerprint density at radius 2 is 2.00 bits per heavy atom. The fraction of sp³-hybridized carbons (Fsp3) is 0.333. The Bertz CT molecular complexity index is 367.